The lowest BCUT2D eigenvalue weighted by molar-refractivity contribution is -0.290. The quantitative estimate of drug-likeness (QED) is 0.319. The van der Waals surface area contributed by atoms with E-state index < -0.39 is 38.4 Å². The number of rotatable bonds is 7. The molecular weight excluding hydrogens is 573 g/mol. The highest BCUT2D eigenvalue weighted by Crippen LogP contribution is 2.69. The van der Waals surface area contributed by atoms with E-state index in [0.29, 0.717) is 41.4 Å². The lowest BCUT2D eigenvalue weighted by Crippen LogP contribution is -2.59. The van der Waals surface area contributed by atoms with Crippen LogP contribution in [-0.2, 0) is 9.84 Å². The molecule has 5 rings (SSSR count). The molecule has 0 spiro atoms. The first kappa shape index (κ1) is 33.2. The Morgan fingerprint density at radius 2 is 1.56 bits per heavy atom. The summed E-state index contributed by atoms with van der Waals surface area (Å²) >= 11 is 0. The standard InChI is InChI=1S/C35H53F3O4S/c1-31(2,3)30(39)21-26(43(41,42)25-9-7-6-8-10-25)14-11-23-13-16-28-27-15-12-24-22-34(40,35(36,37)38)20-19-33(24,5)29(27)17-18-32(23,28)4/h6-10,23-24,26-30,39-40H,11-22H2,1-5H3/t23-,24?,26?,27?,28?,29?,30+,32?,33?,34+/m1/s1. The van der Waals surface area contributed by atoms with Crippen molar-refractivity contribution in [1.82, 2.24) is 0 Å². The fourth-order valence-electron chi connectivity index (χ4n) is 10.3. The second-order valence-electron chi connectivity index (χ2n) is 16.4. The van der Waals surface area contributed by atoms with Crippen LogP contribution in [0.3, 0.4) is 0 Å². The van der Waals surface area contributed by atoms with Gasteiger partial charge in [-0.05, 0) is 135 Å². The Morgan fingerprint density at radius 1 is 0.907 bits per heavy atom. The average molecular weight is 627 g/mol. The summed E-state index contributed by atoms with van der Waals surface area (Å²) in [5.41, 5.74) is -3.05. The Bertz CT molecular complexity index is 1240. The summed E-state index contributed by atoms with van der Waals surface area (Å²) in [4.78, 5) is 0.312. The molecule has 43 heavy (non-hydrogen) atoms. The van der Waals surface area contributed by atoms with Crippen molar-refractivity contribution in [3.05, 3.63) is 30.3 Å². The molecule has 0 bridgehead atoms. The topological polar surface area (TPSA) is 74.6 Å². The van der Waals surface area contributed by atoms with Crippen LogP contribution in [0.4, 0.5) is 13.2 Å². The average Bonchev–Trinajstić information content (AvgIpc) is 3.26. The highest BCUT2D eigenvalue weighted by atomic mass is 32.2. The molecule has 2 N–H and O–H groups in total. The number of fused-ring (bicyclic) bond motifs is 5. The van der Waals surface area contributed by atoms with Gasteiger partial charge in [0.15, 0.2) is 15.4 Å². The maximum atomic E-state index is 13.8. The number of hydrogen-bond donors (Lipinski definition) is 2. The van der Waals surface area contributed by atoms with Gasteiger partial charge in [0.1, 0.15) is 0 Å². The maximum absolute atomic E-state index is 13.8. The minimum absolute atomic E-state index is 0.0927. The highest BCUT2D eigenvalue weighted by molar-refractivity contribution is 7.92. The molecule has 0 aliphatic heterocycles. The molecule has 0 aromatic heterocycles. The van der Waals surface area contributed by atoms with Gasteiger partial charge in [0.25, 0.3) is 0 Å². The van der Waals surface area contributed by atoms with E-state index in [2.05, 4.69) is 13.8 Å². The second kappa shape index (κ2) is 11.3. The van der Waals surface area contributed by atoms with E-state index in [1.165, 1.54) is 0 Å². The molecule has 10 atom stereocenters. The lowest BCUT2D eigenvalue weighted by Gasteiger charge is -2.62. The van der Waals surface area contributed by atoms with E-state index in [1.807, 2.05) is 26.8 Å². The Hall–Kier alpha value is -1.12. The summed E-state index contributed by atoms with van der Waals surface area (Å²) in [6.45, 7) is 10.4. The van der Waals surface area contributed by atoms with Crippen LogP contribution >= 0.6 is 0 Å². The molecule has 4 fully saturated rings. The minimum Gasteiger partial charge on any atom is -0.393 e. The van der Waals surface area contributed by atoms with Gasteiger partial charge in [-0.2, -0.15) is 13.2 Å². The van der Waals surface area contributed by atoms with E-state index in [4.69, 9.17) is 0 Å². The van der Waals surface area contributed by atoms with Crippen molar-refractivity contribution < 1.29 is 31.8 Å². The van der Waals surface area contributed by atoms with Gasteiger partial charge in [0.05, 0.1) is 16.2 Å². The Balaban J connectivity index is 1.31. The summed E-state index contributed by atoms with van der Waals surface area (Å²) in [6, 6.07) is 8.60. The molecule has 4 nitrogen and oxygen atoms in total. The van der Waals surface area contributed by atoms with Crippen LogP contribution < -0.4 is 0 Å². The third-order valence-corrected chi connectivity index (χ3v) is 15.5. The van der Waals surface area contributed by atoms with Crippen LogP contribution in [0.25, 0.3) is 0 Å². The number of aliphatic hydroxyl groups excluding tert-OH is 1. The Kier molecular flexibility index (Phi) is 8.73. The van der Waals surface area contributed by atoms with Crippen molar-refractivity contribution in [3.8, 4) is 0 Å². The Labute approximate surface area is 257 Å². The molecule has 8 heteroatoms. The van der Waals surface area contributed by atoms with Gasteiger partial charge in [0, 0.05) is 0 Å². The summed E-state index contributed by atoms with van der Waals surface area (Å²) < 4.78 is 68.9. The molecule has 244 valence electrons. The van der Waals surface area contributed by atoms with Crippen LogP contribution in [0, 0.1) is 45.8 Å². The van der Waals surface area contributed by atoms with Crippen molar-refractivity contribution in [2.24, 2.45) is 45.8 Å². The highest BCUT2D eigenvalue weighted by Gasteiger charge is 2.65. The van der Waals surface area contributed by atoms with Crippen molar-refractivity contribution in [1.29, 1.82) is 0 Å². The summed E-state index contributed by atoms with van der Waals surface area (Å²) in [5.74, 6) is 1.66. The third-order valence-electron chi connectivity index (χ3n) is 13.3. The van der Waals surface area contributed by atoms with Crippen LogP contribution in [0.15, 0.2) is 35.2 Å². The van der Waals surface area contributed by atoms with Gasteiger partial charge in [-0.15, -0.1) is 0 Å². The largest absolute Gasteiger partial charge is 0.417 e. The van der Waals surface area contributed by atoms with E-state index in [1.54, 1.807) is 24.3 Å². The number of aliphatic hydroxyl groups is 2. The fraction of sp³-hybridized carbons (Fsp3) is 0.829. The van der Waals surface area contributed by atoms with Gasteiger partial charge < -0.3 is 10.2 Å². The molecule has 4 aliphatic carbocycles. The summed E-state index contributed by atoms with van der Waals surface area (Å²) in [5, 5.41) is 20.9. The number of sulfone groups is 1. The first-order chi connectivity index (χ1) is 19.8. The predicted molar refractivity (Wildman–Crippen MR) is 163 cm³/mol. The minimum atomic E-state index is -4.58. The fourth-order valence-corrected chi connectivity index (χ4v) is 12.1. The molecule has 0 saturated heterocycles. The van der Waals surface area contributed by atoms with E-state index in [-0.39, 0.29) is 36.0 Å². The van der Waals surface area contributed by atoms with Crippen molar-refractivity contribution in [3.63, 3.8) is 0 Å². The molecule has 0 radical (unpaired) electrons. The van der Waals surface area contributed by atoms with E-state index >= 15 is 0 Å². The molecule has 1 aromatic carbocycles. The Morgan fingerprint density at radius 3 is 2.19 bits per heavy atom. The van der Waals surface area contributed by atoms with Crippen molar-refractivity contribution in [2.75, 3.05) is 0 Å². The zero-order chi connectivity index (χ0) is 31.6. The van der Waals surface area contributed by atoms with Gasteiger partial charge in [-0.25, -0.2) is 8.42 Å². The van der Waals surface area contributed by atoms with Gasteiger partial charge in [0.2, 0.25) is 0 Å². The molecule has 4 aliphatic rings. The molecule has 4 saturated carbocycles. The molecule has 0 heterocycles. The normalized spacial score (nSPS) is 39.8. The SMILES string of the molecule is CC12CC[C@@](O)(C(F)(F)F)CC1CCC1C2CCC2(C)C1CC[C@H]2CCC(C[C@H](O)C(C)(C)C)S(=O)(=O)c1ccccc1. The van der Waals surface area contributed by atoms with Crippen LogP contribution in [-0.4, -0.2) is 41.8 Å². The van der Waals surface area contributed by atoms with Gasteiger partial charge in [-0.1, -0.05) is 52.8 Å². The zero-order valence-electron chi connectivity index (χ0n) is 26.7. The molecule has 7 unspecified atom stereocenters. The smallest absolute Gasteiger partial charge is 0.393 e. The van der Waals surface area contributed by atoms with E-state index in [0.717, 1.165) is 44.9 Å². The van der Waals surface area contributed by atoms with Crippen molar-refractivity contribution in [2.45, 2.75) is 140 Å². The second-order valence-corrected chi connectivity index (χ2v) is 18.6. The molecule has 1 aromatic rings. The van der Waals surface area contributed by atoms with Crippen LogP contribution in [0.1, 0.15) is 112 Å². The first-order valence-electron chi connectivity index (χ1n) is 16.6. The summed E-state index contributed by atoms with van der Waals surface area (Å²) in [6.07, 6.45) is 2.11. The van der Waals surface area contributed by atoms with Crippen LogP contribution in [0.5, 0.6) is 0 Å². The number of benzene rings is 1. The number of hydrogen-bond acceptors (Lipinski definition) is 4. The van der Waals surface area contributed by atoms with E-state index in [9.17, 15) is 31.8 Å². The lowest BCUT2D eigenvalue weighted by atomic mass is 9.43. The first-order valence-corrected chi connectivity index (χ1v) is 18.1. The zero-order valence-corrected chi connectivity index (χ0v) is 27.5. The monoisotopic (exact) mass is 626 g/mol. The maximum Gasteiger partial charge on any atom is 0.417 e. The molecule has 0 amide bonds. The van der Waals surface area contributed by atoms with Crippen molar-refractivity contribution >= 4 is 9.84 Å². The van der Waals surface area contributed by atoms with Crippen LogP contribution in [0.2, 0.25) is 0 Å². The number of alkyl halides is 3. The van der Waals surface area contributed by atoms with Gasteiger partial charge in [-0.3, -0.25) is 0 Å². The number of halogens is 3. The van der Waals surface area contributed by atoms with Gasteiger partial charge >= 0.3 is 6.18 Å². The summed E-state index contributed by atoms with van der Waals surface area (Å²) in [7, 11) is -3.62. The molecular formula is C35H53F3O4S. The predicted octanol–water partition coefficient (Wildman–Crippen LogP) is 8.36. The third kappa shape index (κ3) is 5.84.